The highest BCUT2D eigenvalue weighted by Gasteiger charge is 2.19. The molecule has 7 heteroatoms. The normalized spacial score (nSPS) is 13.5. The van der Waals surface area contributed by atoms with Gasteiger partial charge in [0.05, 0.1) is 0 Å². The van der Waals surface area contributed by atoms with Gasteiger partial charge in [0.2, 0.25) is 5.91 Å². The number of carbonyl (C=O) groups excluding carboxylic acids is 2. The van der Waals surface area contributed by atoms with Gasteiger partial charge in [-0.2, -0.15) is 0 Å². The number of nitrogens with two attached hydrogens (primary N) is 1. The van der Waals surface area contributed by atoms with Crippen molar-refractivity contribution in [3.63, 3.8) is 0 Å². The molecule has 1 amide bonds. The number of amides is 1. The average molecular weight is 765 g/mol. The van der Waals surface area contributed by atoms with Crippen molar-refractivity contribution in [1.29, 1.82) is 0 Å². The van der Waals surface area contributed by atoms with E-state index in [4.69, 9.17) is 10.5 Å². The van der Waals surface area contributed by atoms with Gasteiger partial charge in [-0.3, -0.25) is 9.59 Å². The van der Waals surface area contributed by atoms with E-state index in [9.17, 15) is 19.5 Å². The van der Waals surface area contributed by atoms with Crippen molar-refractivity contribution in [2.45, 2.75) is 193 Å². The summed E-state index contributed by atoms with van der Waals surface area (Å²) in [5.74, 6) is -1.50. The number of nitrogens with one attached hydrogen (secondary N) is 1. The van der Waals surface area contributed by atoms with E-state index in [1.54, 1.807) is 0 Å². The monoisotopic (exact) mass is 765 g/mol. The lowest BCUT2D eigenvalue weighted by atomic mass is 10.1. The molecular weight excluding hydrogens is 685 g/mol. The molecule has 0 aromatic heterocycles. The first kappa shape index (κ1) is 51.5. The van der Waals surface area contributed by atoms with Crippen LogP contribution in [0.25, 0.3) is 0 Å². The Balaban J connectivity index is 4.52. The number of aliphatic carboxylic acids is 1. The minimum absolute atomic E-state index is 0.175. The van der Waals surface area contributed by atoms with Crippen molar-refractivity contribution in [2.24, 2.45) is 5.73 Å². The second kappa shape index (κ2) is 41.7. The number of hydrogen-bond donors (Lipinski definition) is 3. The second-order valence-corrected chi connectivity index (χ2v) is 14.4. The summed E-state index contributed by atoms with van der Waals surface area (Å²) < 4.78 is 5.87. The Bertz CT molecular complexity index is 1130. The standard InChI is InChI=1S/C48H80N2O5/c1-3-5-7-9-11-13-15-17-19-20-21-22-24-26-28-30-32-34-42-47(52)55-44(39-35-36-41-46(51)50-45(48(53)54)40-37-43-49)38-33-31-29-27-25-23-18-16-14-12-10-8-6-4-2/h6,8,12-15,18-20,23,27,29,33,38,44-45H,3-5,7,9-11,16-17,21-22,24-26,28,30-32,34-37,39-43,49H2,1-2H3,(H,50,51)(H,53,54)/b8-6-,14-12-,15-13-,20-19-,23-18-,29-27-,38-33-. The number of unbranched alkanes of at least 4 members (excludes halogenated alkanes) is 12. The molecule has 0 aliphatic carbocycles. The number of hydrogen-bond acceptors (Lipinski definition) is 5. The van der Waals surface area contributed by atoms with E-state index in [1.807, 2.05) is 12.2 Å². The van der Waals surface area contributed by atoms with Crippen molar-refractivity contribution in [1.82, 2.24) is 5.32 Å². The van der Waals surface area contributed by atoms with Gasteiger partial charge in [-0.25, -0.2) is 4.79 Å². The summed E-state index contributed by atoms with van der Waals surface area (Å²) >= 11 is 0. The van der Waals surface area contributed by atoms with E-state index in [2.05, 4.69) is 92.1 Å². The second-order valence-electron chi connectivity index (χ2n) is 14.4. The number of ether oxygens (including phenoxy) is 1. The molecule has 0 aliphatic heterocycles. The number of carboxylic acid groups (broad SMARTS) is 1. The molecule has 0 aromatic rings. The van der Waals surface area contributed by atoms with Crippen LogP contribution in [-0.2, 0) is 19.1 Å². The fraction of sp³-hybridized carbons (Fsp3) is 0.646. The predicted octanol–water partition coefficient (Wildman–Crippen LogP) is 12.5. The molecule has 0 rings (SSSR count). The summed E-state index contributed by atoms with van der Waals surface area (Å²) in [5.41, 5.74) is 5.50. The topological polar surface area (TPSA) is 119 Å². The molecule has 55 heavy (non-hydrogen) atoms. The molecule has 0 saturated heterocycles. The minimum atomic E-state index is -1.04. The van der Waals surface area contributed by atoms with Crippen molar-refractivity contribution in [3.05, 3.63) is 85.1 Å². The summed E-state index contributed by atoms with van der Waals surface area (Å²) in [6.45, 7) is 4.77. The molecule has 0 heterocycles. The SMILES string of the molecule is CC/C=C\C/C=C\C/C=C\C/C=C\C/C=C\C(CCCCC(=O)NC(CCCN)C(=O)O)OC(=O)CCCCCCCCC/C=C\C/C=C\CCCCCC. The van der Waals surface area contributed by atoms with Gasteiger partial charge in [-0.15, -0.1) is 0 Å². The summed E-state index contributed by atoms with van der Waals surface area (Å²) in [4.78, 5) is 36.6. The zero-order valence-electron chi connectivity index (χ0n) is 35.0. The Morgan fingerprint density at radius 1 is 0.564 bits per heavy atom. The molecule has 7 nitrogen and oxygen atoms in total. The largest absolute Gasteiger partial charge is 0.480 e. The molecular formula is C48H80N2O5. The first-order valence-corrected chi connectivity index (χ1v) is 21.9. The fourth-order valence-electron chi connectivity index (χ4n) is 5.90. The molecule has 0 spiro atoms. The van der Waals surface area contributed by atoms with Crippen LogP contribution in [0.5, 0.6) is 0 Å². The van der Waals surface area contributed by atoms with Crippen LogP contribution in [0, 0.1) is 0 Å². The van der Waals surface area contributed by atoms with E-state index in [0.29, 0.717) is 45.1 Å². The van der Waals surface area contributed by atoms with Crippen LogP contribution in [0.4, 0.5) is 0 Å². The fourth-order valence-corrected chi connectivity index (χ4v) is 5.90. The molecule has 0 bridgehead atoms. The van der Waals surface area contributed by atoms with Crippen molar-refractivity contribution >= 4 is 17.8 Å². The number of rotatable bonds is 38. The van der Waals surface area contributed by atoms with Gasteiger partial charge < -0.3 is 20.9 Å². The maximum atomic E-state index is 12.8. The van der Waals surface area contributed by atoms with Crippen LogP contribution >= 0.6 is 0 Å². The van der Waals surface area contributed by atoms with E-state index < -0.39 is 12.0 Å². The molecule has 0 saturated carbocycles. The number of allylic oxidation sites excluding steroid dienone is 13. The van der Waals surface area contributed by atoms with Gasteiger partial charge in [-0.05, 0) is 115 Å². The van der Waals surface area contributed by atoms with Crippen molar-refractivity contribution in [2.75, 3.05) is 6.54 Å². The zero-order valence-corrected chi connectivity index (χ0v) is 35.0. The summed E-state index contributed by atoms with van der Waals surface area (Å²) in [6, 6.07) is -0.916. The van der Waals surface area contributed by atoms with E-state index in [-0.39, 0.29) is 24.4 Å². The molecule has 0 aliphatic rings. The lowest BCUT2D eigenvalue weighted by molar-refractivity contribution is -0.147. The summed E-state index contributed by atoms with van der Waals surface area (Å²) in [5, 5.41) is 12.0. The number of carbonyl (C=O) groups is 3. The Morgan fingerprint density at radius 2 is 1.05 bits per heavy atom. The third kappa shape index (κ3) is 38.6. The number of carboxylic acids is 1. The van der Waals surface area contributed by atoms with Gasteiger partial charge in [0.1, 0.15) is 12.1 Å². The van der Waals surface area contributed by atoms with Crippen molar-refractivity contribution in [3.8, 4) is 0 Å². The van der Waals surface area contributed by atoms with E-state index in [1.165, 1.54) is 57.8 Å². The maximum absolute atomic E-state index is 12.8. The predicted molar refractivity (Wildman–Crippen MR) is 234 cm³/mol. The Hall–Kier alpha value is -3.45. The van der Waals surface area contributed by atoms with Crippen LogP contribution in [0.15, 0.2) is 85.1 Å². The molecule has 312 valence electrons. The molecule has 0 fully saturated rings. The molecule has 0 radical (unpaired) electrons. The van der Waals surface area contributed by atoms with Gasteiger partial charge in [0.15, 0.2) is 0 Å². The molecule has 2 unspecified atom stereocenters. The molecule has 4 N–H and O–H groups in total. The van der Waals surface area contributed by atoms with Gasteiger partial charge in [-0.1, -0.05) is 144 Å². The highest BCUT2D eigenvalue weighted by Crippen LogP contribution is 2.14. The maximum Gasteiger partial charge on any atom is 0.326 e. The Labute approximate surface area is 336 Å². The molecule has 2 atom stereocenters. The quantitative estimate of drug-likeness (QED) is 0.0327. The summed E-state index contributed by atoms with van der Waals surface area (Å²) in [7, 11) is 0. The van der Waals surface area contributed by atoms with Crippen LogP contribution in [0.1, 0.15) is 181 Å². The van der Waals surface area contributed by atoms with Crippen LogP contribution in [-0.4, -0.2) is 41.6 Å². The smallest absolute Gasteiger partial charge is 0.326 e. The highest BCUT2D eigenvalue weighted by molar-refractivity contribution is 5.83. The number of esters is 1. The Kier molecular flexibility index (Phi) is 39.1. The minimum Gasteiger partial charge on any atom is -0.480 e. The van der Waals surface area contributed by atoms with Crippen molar-refractivity contribution < 1.29 is 24.2 Å². The average Bonchev–Trinajstić information content (AvgIpc) is 3.17. The van der Waals surface area contributed by atoms with Crippen LogP contribution < -0.4 is 11.1 Å². The van der Waals surface area contributed by atoms with Gasteiger partial charge >= 0.3 is 11.9 Å². The van der Waals surface area contributed by atoms with E-state index in [0.717, 1.165) is 64.2 Å². The lowest BCUT2D eigenvalue weighted by Gasteiger charge is -2.16. The van der Waals surface area contributed by atoms with Crippen LogP contribution in [0.2, 0.25) is 0 Å². The summed E-state index contributed by atoms with van der Waals surface area (Å²) in [6.07, 6.45) is 54.9. The highest BCUT2D eigenvalue weighted by atomic mass is 16.5. The first-order chi connectivity index (χ1) is 26.9. The van der Waals surface area contributed by atoms with E-state index >= 15 is 0 Å². The lowest BCUT2D eigenvalue weighted by Crippen LogP contribution is -2.40. The Morgan fingerprint density at radius 3 is 1.60 bits per heavy atom. The van der Waals surface area contributed by atoms with Crippen LogP contribution in [0.3, 0.4) is 0 Å². The zero-order chi connectivity index (χ0) is 40.3. The molecule has 0 aromatic carbocycles. The third-order valence-corrected chi connectivity index (χ3v) is 9.18. The first-order valence-electron chi connectivity index (χ1n) is 21.9. The van der Waals surface area contributed by atoms with Gasteiger partial charge in [0, 0.05) is 12.8 Å². The third-order valence-electron chi connectivity index (χ3n) is 9.18. The van der Waals surface area contributed by atoms with Gasteiger partial charge in [0.25, 0.3) is 0 Å².